The second-order valence-corrected chi connectivity index (χ2v) is 6.70. The second-order valence-electron chi connectivity index (χ2n) is 6.70. The fourth-order valence-electron chi connectivity index (χ4n) is 3.19. The highest BCUT2D eigenvalue weighted by Gasteiger charge is 2.11. The van der Waals surface area contributed by atoms with E-state index in [-0.39, 0.29) is 5.56 Å². The highest BCUT2D eigenvalue weighted by molar-refractivity contribution is 5.71. The summed E-state index contributed by atoms with van der Waals surface area (Å²) in [6, 6.07) is 6.13. The van der Waals surface area contributed by atoms with Crippen molar-refractivity contribution in [1.82, 2.24) is 19.5 Å². The maximum Gasteiger partial charge on any atom is 0.278 e. The Bertz CT molecular complexity index is 961. The molecular formula is C20H27N5O2. The first-order chi connectivity index (χ1) is 13.1. The summed E-state index contributed by atoms with van der Waals surface area (Å²) in [5.74, 6) is 0.406. The van der Waals surface area contributed by atoms with Crippen molar-refractivity contribution in [1.29, 1.82) is 0 Å². The lowest BCUT2D eigenvalue weighted by Crippen LogP contribution is -2.14. The lowest BCUT2D eigenvalue weighted by molar-refractivity contribution is 0.191. The molecule has 2 aromatic heterocycles. The van der Waals surface area contributed by atoms with Gasteiger partial charge in [0, 0.05) is 25.9 Å². The van der Waals surface area contributed by atoms with Crippen molar-refractivity contribution in [2.45, 2.75) is 46.1 Å². The molecule has 0 radical (unpaired) electrons. The van der Waals surface area contributed by atoms with E-state index in [4.69, 9.17) is 4.74 Å². The minimum atomic E-state index is -0.181. The average Bonchev–Trinajstić information content (AvgIpc) is 3.06. The van der Waals surface area contributed by atoms with E-state index in [1.807, 2.05) is 10.6 Å². The first-order valence-corrected chi connectivity index (χ1v) is 9.43. The lowest BCUT2D eigenvalue weighted by atomic mass is 10.1. The lowest BCUT2D eigenvalue weighted by Gasteiger charge is -2.09. The third-order valence-electron chi connectivity index (χ3n) is 4.72. The average molecular weight is 369 g/mol. The molecule has 0 fully saturated rings. The summed E-state index contributed by atoms with van der Waals surface area (Å²) in [6.07, 6.45) is 5.68. The standard InChI is InChI=1S/C20H27N5O2/c1-4-15-12-16(9-8-14(15)2)22-20-23-18-17(19(26)24-20)25(13-21-18)10-6-5-7-11-27-3/h8-9,12-13H,4-7,10-11H2,1-3H3,(H2,22,23,24,26). The first-order valence-electron chi connectivity index (χ1n) is 9.43. The summed E-state index contributed by atoms with van der Waals surface area (Å²) >= 11 is 0. The van der Waals surface area contributed by atoms with Crippen LogP contribution in [0.3, 0.4) is 0 Å². The Morgan fingerprint density at radius 3 is 2.89 bits per heavy atom. The number of hydrogen-bond acceptors (Lipinski definition) is 5. The number of benzene rings is 1. The number of methoxy groups -OCH3 is 1. The predicted octanol–water partition coefficient (Wildman–Crippen LogP) is 3.55. The van der Waals surface area contributed by atoms with Gasteiger partial charge in [0.1, 0.15) is 0 Å². The van der Waals surface area contributed by atoms with E-state index in [9.17, 15) is 4.79 Å². The fourth-order valence-corrected chi connectivity index (χ4v) is 3.19. The van der Waals surface area contributed by atoms with Gasteiger partial charge in [-0.3, -0.25) is 9.78 Å². The largest absolute Gasteiger partial charge is 0.385 e. The second kappa shape index (κ2) is 8.81. The van der Waals surface area contributed by atoms with E-state index >= 15 is 0 Å². The van der Waals surface area contributed by atoms with E-state index in [0.29, 0.717) is 17.1 Å². The molecule has 0 saturated carbocycles. The fraction of sp³-hybridized carbons (Fsp3) is 0.450. The number of nitrogens with one attached hydrogen (secondary N) is 2. The van der Waals surface area contributed by atoms with Crippen LogP contribution in [-0.4, -0.2) is 33.2 Å². The van der Waals surface area contributed by atoms with Crippen LogP contribution >= 0.6 is 0 Å². The van der Waals surface area contributed by atoms with E-state index in [1.54, 1.807) is 13.4 Å². The Hall–Kier alpha value is -2.67. The number of unbranched alkanes of at least 4 members (excludes halogenated alkanes) is 2. The molecule has 0 spiro atoms. The summed E-state index contributed by atoms with van der Waals surface area (Å²) in [6.45, 7) is 5.73. The zero-order valence-electron chi connectivity index (χ0n) is 16.2. The van der Waals surface area contributed by atoms with Gasteiger partial charge in [-0.25, -0.2) is 4.98 Å². The molecule has 27 heavy (non-hydrogen) atoms. The van der Waals surface area contributed by atoms with Gasteiger partial charge in [0.25, 0.3) is 5.56 Å². The highest BCUT2D eigenvalue weighted by atomic mass is 16.5. The van der Waals surface area contributed by atoms with E-state index in [0.717, 1.165) is 44.5 Å². The van der Waals surface area contributed by atoms with Crippen LogP contribution in [0.4, 0.5) is 11.6 Å². The number of aromatic nitrogens is 4. The van der Waals surface area contributed by atoms with Gasteiger partial charge in [0.05, 0.1) is 6.33 Å². The molecule has 0 aliphatic carbocycles. The van der Waals surface area contributed by atoms with E-state index < -0.39 is 0 Å². The number of hydrogen-bond donors (Lipinski definition) is 2. The molecule has 0 amide bonds. The molecule has 2 N–H and O–H groups in total. The zero-order valence-corrected chi connectivity index (χ0v) is 16.2. The predicted molar refractivity (Wildman–Crippen MR) is 108 cm³/mol. The summed E-state index contributed by atoms with van der Waals surface area (Å²) < 4.78 is 6.93. The van der Waals surface area contributed by atoms with Crippen LogP contribution in [0.2, 0.25) is 0 Å². The van der Waals surface area contributed by atoms with Crippen molar-refractivity contribution < 1.29 is 4.74 Å². The number of ether oxygens (including phenoxy) is 1. The molecule has 7 heteroatoms. The van der Waals surface area contributed by atoms with E-state index in [1.165, 1.54) is 11.1 Å². The molecule has 144 valence electrons. The third kappa shape index (κ3) is 4.54. The van der Waals surface area contributed by atoms with Crippen LogP contribution < -0.4 is 10.9 Å². The molecule has 1 aromatic carbocycles. The SMILES string of the molecule is CCc1cc(Nc2nc3ncn(CCCCCOC)c3c(=O)[nH]2)ccc1C. The summed E-state index contributed by atoms with van der Waals surface area (Å²) in [7, 11) is 1.71. The molecular weight excluding hydrogens is 342 g/mol. The third-order valence-corrected chi connectivity index (χ3v) is 4.72. The summed E-state index contributed by atoms with van der Waals surface area (Å²) in [5, 5.41) is 3.18. The molecule has 0 atom stereocenters. The van der Waals surface area contributed by atoms with Crippen LogP contribution in [0.15, 0.2) is 29.3 Å². The van der Waals surface area contributed by atoms with Gasteiger partial charge in [-0.1, -0.05) is 13.0 Å². The molecule has 7 nitrogen and oxygen atoms in total. The summed E-state index contributed by atoms with van der Waals surface area (Å²) in [4.78, 5) is 24.2. The number of imidazole rings is 1. The number of aromatic amines is 1. The number of nitrogens with zero attached hydrogens (tertiary/aromatic N) is 3. The maximum atomic E-state index is 12.6. The molecule has 3 aromatic rings. The van der Waals surface area contributed by atoms with Crippen LogP contribution in [0.25, 0.3) is 11.2 Å². The van der Waals surface area contributed by atoms with Gasteiger partial charge in [-0.15, -0.1) is 0 Å². The molecule has 0 saturated heterocycles. The van der Waals surface area contributed by atoms with Gasteiger partial charge in [0.2, 0.25) is 5.95 Å². The monoisotopic (exact) mass is 369 g/mol. The first kappa shape index (κ1) is 19.1. The number of rotatable bonds is 9. The van der Waals surface area contributed by atoms with Crippen LogP contribution in [0.1, 0.15) is 37.3 Å². The molecule has 0 aliphatic rings. The molecule has 0 unspecified atom stereocenters. The Morgan fingerprint density at radius 1 is 1.26 bits per heavy atom. The normalized spacial score (nSPS) is 11.2. The van der Waals surface area contributed by atoms with Gasteiger partial charge >= 0.3 is 0 Å². The van der Waals surface area contributed by atoms with Crippen molar-refractivity contribution in [2.24, 2.45) is 0 Å². The molecule has 2 heterocycles. The Labute approximate surface area is 158 Å². The van der Waals surface area contributed by atoms with Gasteiger partial charge in [-0.05, 0) is 55.9 Å². The summed E-state index contributed by atoms with van der Waals surface area (Å²) in [5.41, 5.74) is 4.22. The maximum absolute atomic E-state index is 12.6. The molecule has 0 bridgehead atoms. The highest BCUT2D eigenvalue weighted by Crippen LogP contribution is 2.19. The van der Waals surface area contributed by atoms with Crippen molar-refractivity contribution in [3.05, 3.63) is 46.0 Å². The molecule has 0 aliphatic heterocycles. The van der Waals surface area contributed by atoms with Crippen LogP contribution in [-0.2, 0) is 17.7 Å². The number of H-pyrrole nitrogens is 1. The number of anilines is 2. The minimum absolute atomic E-state index is 0.181. The van der Waals surface area contributed by atoms with E-state index in [2.05, 4.69) is 46.2 Å². The van der Waals surface area contributed by atoms with Crippen LogP contribution in [0.5, 0.6) is 0 Å². The van der Waals surface area contributed by atoms with Crippen molar-refractivity contribution >= 4 is 22.8 Å². The van der Waals surface area contributed by atoms with Crippen LogP contribution in [0, 0.1) is 6.92 Å². The Morgan fingerprint density at radius 2 is 2.11 bits per heavy atom. The van der Waals surface area contributed by atoms with Crippen molar-refractivity contribution in [3.8, 4) is 0 Å². The van der Waals surface area contributed by atoms with Crippen molar-refractivity contribution in [3.63, 3.8) is 0 Å². The topological polar surface area (TPSA) is 84.8 Å². The minimum Gasteiger partial charge on any atom is -0.385 e. The van der Waals surface area contributed by atoms with Gasteiger partial charge in [-0.2, -0.15) is 4.98 Å². The number of aryl methyl sites for hydroxylation is 3. The van der Waals surface area contributed by atoms with Crippen molar-refractivity contribution in [2.75, 3.05) is 19.0 Å². The van der Waals surface area contributed by atoms with Gasteiger partial charge in [0.15, 0.2) is 11.2 Å². The Kier molecular flexibility index (Phi) is 6.24. The quantitative estimate of drug-likeness (QED) is 0.564. The molecule has 3 rings (SSSR count). The van der Waals surface area contributed by atoms with Gasteiger partial charge < -0.3 is 14.6 Å². The Balaban J connectivity index is 1.76. The smallest absolute Gasteiger partial charge is 0.278 e. The number of fused-ring (bicyclic) bond motifs is 1. The zero-order chi connectivity index (χ0) is 19.2.